The number of carbonyl (C=O) groups is 1. The lowest BCUT2D eigenvalue weighted by atomic mass is 10.1. The fourth-order valence-corrected chi connectivity index (χ4v) is 4.71. The Hall–Kier alpha value is -3.38. The van der Waals surface area contributed by atoms with Crippen molar-refractivity contribution in [2.75, 3.05) is 18.5 Å². The lowest BCUT2D eigenvalue weighted by Crippen LogP contribution is -2.31. The van der Waals surface area contributed by atoms with Crippen LogP contribution in [-0.2, 0) is 11.8 Å². The molecule has 1 fully saturated rings. The van der Waals surface area contributed by atoms with Crippen LogP contribution in [-0.4, -0.2) is 46.1 Å². The van der Waals surface area contributed by atoms with E-state index < -0.39 is 6.36 Å². The summed E-state index contributed by atoms with van der Waals surface area (Å²) in [4.78, 5) is 21.5. The number of benzene rings is 2. The van der Waals surface area contributed by atoms with Gasteiger partial charge < -0.3 is 24.7 Å². The second-order valence-corrected chi connectivity index (χ2v) is 8.89. The largest absolute Gasteiger partial charge is 0.573 e. The van der Waals surface area contributed by atoms with Crippen LogP contribution in [0.1, 0.15) is 23.2 Å². The number of rotatable bonds is 6. The predicted molar refractivity (Wildman–Crippen MR) is 122 cm³/mol. The molecule has 2 aromatic heterocycles. The van der Waals surface area contributed by atoms with Gasteiger partial charge in [0.05, 0.1) is 27.4 Å². The molecule has 0 aliphatic carbocycles. The third-order valence-electron chi connectivity index (χ3n) is 5.47. The van der Waals surface area contributed by atoms with Gasteiger partial charge in [-0.2, -0.15) is 0 Å². The maximum absolute atomic E-state index is 12.5. The van der Waals surface area contributed by atoms with Crippen molar-refractivity contribution < 1.29 is 27.4 Å². The molecule has 0 spiro atoms. The summed E-state index contributed by atoms with van der Waals surface area (Å²) in [6, 6.07) is 9.24. The number of alkyl halides is 3. The molecule has 1 aliphatic heterocycles. The molecule has 0 radical (unpaired) electrons. The molecule has 5 rings (SSSR count). The first-order valence-corrected chi connectivity index (χ1v) is 11.4. The number of carbonyl (C=O) groups excluding carboxylic acids is 1. The molecule has 1 amide bonds. The van der Waals surface area contributed by atoms with Gasteiger partial charge in [0, 0.05) is 31.8 Å². The molecule has 34 heavy (non-hydrogen) atoms. The molecule has 1 atom stereocenters. The van der Waals surface area contributed by atoms with Crippen LogP contribution in [0, 0.1) is 0 Å². The minimum Gasteiger partial charge on any atom is -0.406 e. The summed E-state index contributed by atoms with van der Waals surface area (Å²) < 4.78 is 49.3. The molecule has 3 heterocycles. The van der Waals surface area contributed by atoms with E-state index >= 15 is 0 Å². The van der Waals surface area contributed by atoms with E-state index in [0.29, 0.717) is 38.9 Å². The van der Waals surface area contributed by atoms with Crippen LogP contribution in [0.2, 0.25) is 0 Å². The fourth-order valence-electron chi connectivity index (χ4n) is 3.82. The van der Waals surface area contributed by atoms with Gasteiger partial charge in [0.15, 0.2) is 5.13 Å². The van der Waals surface area contributed by atoms with Gasteiger partial charge in [-0.25, -0.2) is 9.97 Å². The number of nitrogens with zero attached hydrogens (tertiary/aromatic N) is 3. The average molecular weight is 491 g/mol. The van der Waals surface area contributed by atoms with Crippen molar-refractivity contribution in [3.63, 3.8) is 0 Å². The first kappa shape index (κ1) is 22.4. The van der Waals surface area contributed by atoms with E-state index in [0.717, 1.165) is 25.0 Å². The number of aromatic nitrogens is 3. The number of halogens is 3. The van der Waals surface area contributed by atoms with Crippen molar-refractivity contribution in [2.45, 2.75) is 25.3 Å². The van der Waals surface area contributed by atoms with E-state index in [9.17, 15) is 18.0 Å². The number of imidazole rings is 1. The number of aryl methyl sites for hydroxylation is 1. The number of fused-ring (bicyclic) bond motifs is 2. The van der Waals surface area contributed by atoms with Crippen LogP contribution in [0.5, 0.6) is 5.75 Å². The topological polar surface area (TPSA) is 90.3 Å². The third-order valence-corrected chi connectivity index (χ3v) is 6.40. The number of amides is 1. The van der Waals surface area contributed by atoms with Gasteiger partial charge in [0.25, 0.3) is 5.91 Å². The molecule has 1 aliphatic rings. The van der Waals surface area contributed by atoms with Crippen LogP contribution in [0.4, 0.5) is 24.3 Å². The highest BCUT2D eigenvalue weighted by molar-refractivity contribution is 7.22. The smallest absolute Gasteiger partial charge is 0.406 e. The minimum absolute atomic E-state index is 0.0586. The van der Waals surface area contributed by atoms with Crippen molar-refractivity contribution in [1.82, 2.24) is 19.9 Å². The molecule has 12 heteroatoms. The molecule has 2 aromatic carbocycles. The summed E-state index contributed by atoms with van der Waals surface area (Å²) in [7, 11) is 1.82. The Balaban J connectivity index is 1.33. The standard InChI is InChI=1S/C22H20F3N5O3S/c1-30-17-7-4-12(19(31)26-11-14-3-2-8-32-14)9-16(17)27-20(30)29-21-28-15-6-5-13(10-18(15)34-21)33-22(23,24)25/h4-7,9-10,14H,2-3,8,11H2,1H3,(H,26,31)(H,27,28,29). The molecule has 1 unspecified atom stereocenters. The maximum atomic E-state index is 12.5. The van der Waals surface area contributed by atoms with Crippen LogP contribution in [0.15, 0.2) is 36.4 Å². The number of hydrogen-bond acceptors (Lipinski definition) is 7. The summed E-state index contributed by atoms with van der Waals surface area (Å²) in [5, 5.41) is 6.47. The predicted octanol–water partition coefficient (Wildman–Crippen LogP) is 4.73. The van der Waals surface area contributed by atoms with Crippen molar-refractivity contribution in [3.8, 4) is 5.75 Å². The molecule has 1 saturated heterocycles. The second-order valence-electron chi connectivity index (χ2n) is 7.86. The van der Waals surface area contributed by atoms with Gasteiger partial charge in [-0.15, -0.1) is 13.2 Å². The first-order valence-electron chi connectivity index (χ1n) is 10.5. The Morgan fingerprint density at radius 1 is 1.24 bits per heavy atom. The van der Waals surface area contributed by atoms with Crippen LogP contribution in [0.25, 0.3) is 21.3 Å². The lowest BCUT2D eigenvalue weighted by molar-refractivity contribution is -0.274. The lowest BCUT2D eigenvalue weighted by Gasteiger charge is -2.10. The first-order chi connectivity index (χ1) is 16.2. The SMILES string of the molecule is Cn1c(Nc2nc3ccc(OC(F)(F)F)cc3s2)nc2cc(C(=O)NCC3CCCO3)ccc21. The van der Waals surface area contributed by atoms with Crippen LogP contribution in [0.3, 0.4) is 0 Å². The summed E-state index contributed by atoms with van der Waals surface area (Å²) in [6.45, 7) is 1.20. The van der Waals surface area contributed by atoms with E-state index in [1.165, 1.54) is 29.5 Å². The van der Waals surface area contributed by atoms with Gasteiger partial charge in [-0.3, -0.25) is 4.79 Å². The Morgan fingerprint density at radius 3 is 2.85 bits per heavy atom. The molecule has 0 bridgehead atoms. The summed E-state index contributed by atoms with van der Waals surface area (Å²) in [6.07, 6.45) is -2.75. The zero-order valence-corrected chi connectivity index (χ0v) is 18.8. The van der Waals surface area contributed by atoms with Gasteiger partial charge in [0.1, 0.15) is 5.75 Å². The number of nitrogens with one attached hydrogen (secondary N) is 2. The Labute approximate surface area is 195 Å². The highest BCUT2D eigenvalue weighted by Crippen LogP contribution is 2.33. The van der Waals surface area contributed by atoms with Gasteiger partial charge in [-0.1, -0.05) is 11.3 Å². The zero-order valence-electron chi connectivity index (χ0n) is 18.0. The van der Waals surface area contributed by atoms with Crippen molar-refractivity contribution >= 4 is 49.6 Å². The van der Waals surface area contributed by atoms with Crippen molar-refractivity contribution in [2.24, 2.45) is 7.05 Å². The number of ether oxygens (including phenoxy) is 2. The quantitative estimate of drug-likeness (QED) is 0.405. The van der Waals surface area contributed by atoms with E-state index in [4.69, 9.17) is 4.74 Å². The van der Waals surface area contributed by atoms with E-state index in [2.05, 4.69) is 25.3 Å². The van der Waals surface area contributed by atoms with E-state index in [-0.39, 0.29) is 17.8 Å². The highest BCUT2D eigenvalue weighted by Gasteiger charge is 2.31. The maximum Gasteiger partial charge on any atom is 0.573 e. The minimum atomic E-state index is -4.76. The normalized spacial score (nSPS) is 16.3. The molecule has 4 aromatic rings. The number of thiazole rings is 1. The van der Waals surface area contributed by atoms with Crippen molar-refractivity contribution in [1.29, 1.82) is 0 Å². The molecule has 2 N–H and O–H groups in total. The fraction of sp³-hybridized carbons (Fsp3) is 0.318. The highest BCUT2D eigenvalue weighted by atomic mass is 32.1. The zero-order chi connectivity index (χ0) is 23.9. The van der Waals surface area contributed by atoms with E-state index in [1.54, 1.807) is 12.1 Å². The van der Waals surface area contributed by atoms with Crippen molar-refractivity contribution in [3.05, 3.63) is 42.0 Å². The molecule has 178 valence electrons. The number of hydrogen-bond donors (Lipinski definition) is 2. The van der Waals surface area contributed by atoms with Crippen LogP contribution < -0.4 is 15.4 Å². The van der Waals surface area contributed by atoms with E-state index in [1.807, 2.05) is 17.7 Å². The van der Waals surface area contributed by atoms with Crippen LogP contribution >= 0.6 is 11.3 Å². The second kappa shape index (κ2) is 8.76. The molecular formula is C22H20F3N5O3S. The Kier molecular flexibility index (Phi) is 5.78. The Morgan fingerprint density at radius 2 is 2.09 bits per heavy atom. The molecule has 8 nitrogen and oxygen atoms in total. The van der Waals surface area contributed by atoms with Gasteiger partial charge in [0.2, 0.25) is 5.95 Å². The Bertz CT molecular complexity index is 1360. The average Bonchev–Trinajstić information content (AvgIpc) is 3.50. The third kappa shape index (κ3) is 4.77. The van der Waals surface area contributed by atoms with Gasteiger partial charge >= 0.3 is 6.36 Å². The van der Waals surface area contributed by atoms with Gasteiger partial charge in [-0.05, 0) is 43.2 Å². The summed E-state index contributed by atoms with van der Waals surface area (Å²) >= 11 is 1.18. The number of anilines is 2. The summed E-state index contributed by atoms with van der Waals surface area (Å²) in [5.41, 5.74) is 2.45. The monoisotopic (exact) mass is 491 g/mol. The molecular weight excluding hydrogens is 471 g/mol. The molecule has 0 saturated carbocycles. The summed E-state index contributed by atoms with van der Waals surface area (Å²) in [5.74, 6) is -0.0124.